The van der Waals surface area contributed by atoms with Crippen LogP contribution in [0.1, 0.15) is 16.7 Å². The van der Waals surface area contributed by atoms with Crippen LogP contribution in [0.3, 0.4) is 0 Å². The molecule has 1 unspecified atom stereocenters. The molecule has 4 aromatic rings. The van der Waals surface area contributed by atoms with Crippen LogP contribution >= 0.6 is 0 Å². The van der Waals surface area contributed by atoms with Gasteiger partial charge < -0.3 is 9.72 Å². The molecule has 0 spiro atoms. The molecule has 0 aliphatic rings. The van der Waals surface area contributed by atoms with E-state index < -0.39 is 16.3 Å². The van der Waals surface area contributed by atoms with Gasteiger partial charge in [-0.25, -0.2) is 8.42 Å². The average molecular weight is 461 g/mol. The number of benzene rings is 3. The van der Waals surface area contributed by atoms with Gasteiger partial charge >= 0.3 is 0 Å². The first-order valence-electron chi connectivity index (χ1n) is 10.9. The summed E-state index contributed by atoms with van der Waals surface area (Å²) in [6.45, 7) is 6.34. The molecule has 1 heterocycles. The van der Waals surface area contributed by atoms with Crippen LogP contribution in [-0.4, -0.2) is 30.5 Å². The van der Waals surface area contributed by atoms with E-state index in [-0.39, 0.29) is 18.0 Å². The molecule has 3 aromatic carbocycles. The summed E-state index contributed by atoms with van der Waals surface area (Å²) in [5.41, 5.74) is 4.05. The van der Waals surface area contributed by atoms with Gasteiger partial charge in [-0.1, -0.05) is 72.8 Å². The fraction of sp³-hybridized carbons (Fsp3) is 0.185. The zero-order chi connectivity index (χ0) is 23.3. The van der Waals surface area contributed by atoms with Crippen molar-refractivity contribution < 1.29 is 13.2 Å². The molecule has 0 saturated heterocycles. The Kier molecular flexibility index (Phi) is 7.08. The number of nitrogens with zero attached hydrogens (tertiary/aromatic N) is 1. The highest BCUT2D eigenvalue weighted by Crippen LogP contribution is 2.24. The average Bonchev–Trinajstić information content (AvgIpc) is 3.25. The first-order valence-corrected chi connectivity index (χ1v) is 12.3. The minimum atomic E-state index is -3.81. The molecule has 33 heavy (non-hydrogen) atoms. The van der Waals surface area contributed by atoms with Gasteiger partial charge in [-0.15, -0.1) is 0 Å². The number of fused-ring (bicyclic) bond motifs is 1. The second-order valence-electron chi connectivity index (χ2n) is 7.96. The maximum absolute atomic E-state index is 13.7. The Morgan fingerprint density at radius 1 is 1.00 bits per heavy atom. The van der Waals surface area contributed by atoms with E-state index in [9.17, 15) is 8.42 Å². The van der Waals surface area contributed by atoms with Crippen molar-refractivity contribution in [2.24, 2.45) is 0 Å². The molecule has 1 aromatic heterocycles. The molecular formula is C27H28N2O3S. The van der Waals surface area contributed by atoms with Crippen molar-refractivity contribution in [1.29, 1.82) is 0 Å². The van der Waals surface area contributed by atoms with Crippen molar-refractivity contribution in [1.82, 2.24) is 9.29 Å². The van der Waals surface area contributed by atoms with Gasteiger partial charge in [-0.3, -0.25) is 0 Å². The summed E-state index contributed by atoms with van der Waals surface area (Å²) >= 11 is 0. The fourth-order valence-corrected chi connectivity index (χ4v) is 5.33. The van der Waals surface area contributed by atoms with Crippen LogP contribution in [0.2, 0.25) is 0 Å². The smallest absolute Gasteiger partial charge is 0.245 e. The lowest BCUT2D eigenvalue weighted by Gasteiger charge is -2.29. The molecule has 0 fully saturated rings. The number of para-hydroxylation sites is 1. The van der Waals surface area contributed by atoms with Crippen LogP contribution in [0.4, 0.5) is 0 Å². The Labute approximate surface area is 195 Å². The van der Waals surface area contributed by atoms with Crippen LogP contribution in [0.5, 0.6) is 0 Å². The molecule has 0 radical (unpaired) electrons. The number of nitrogens with one attached hydrogen (secondary N) is 1. The number of hydrogen-bond donors (Lipinski definition) is 1. The largest absolute Gasteiger partial charge is 0.361 e. The number of aryl methyl sites for hydroxylation is 1. The number of aromatic nitrogens is 1. The predicted octanol–water partition coefficient (Wildman–Crippen LogP) is 5.44. The minimum Gasteiger partial charge on any atom is -0.361 e. The van der Waals surface area contributed by atoms with E-state index in [1.807, 2.05) is 67.7 Å². The van der Waals surface area contributed by atoms with E-state index in [1.54, 1.807) is 30.3 Å². The van der Waals surface area contributed by atoms with Crippen LogP contribution < -0.4 is 0 Å². The highest BCUT2D eigenvalue weighted by Gasteiger charge is 2.30. The molecule has 170 valence electrons. The van der Waals surface area contributed by atoms with Gasteiger partial charge in [0.1, 0.15) is 6.23 Å². The predicted molar refractivity (Wildman–Crippen MR) is 132 cm³/mol. The lowest BCUT2D eigenvalue weighted by Crippen LogP contribution is -2.42. The highest BCUT2D eigenvalue weighted by atomic mass is 32.2. The van der Waals surface area contributed by atoms with E-state index in [0.717, 1.165) is 27.6 Å². The number of hydrogen-bond acceptors (Lipinski definition) is 3. The van der Waals surface area contributed by atoms with E-state index in [4.69, 9.17) is 4.74 Å². The molecule has 0 aliphatic carbocycles. The number of aromatic amines is 1. The molecule has 4 rings (SSSR count). The third-order valence-electron chi connectivity index (χ3n) is 5.65. The molecule has 6 heteroatoms. The second-order valence-corrected chi connectivity index (χ2v) is 9.85. The Morgan fingerprint density at radius 2 is 1.70 bits per heavy atom. The maximum atomic E-state index is 13.7. The third-order valence-corrected chi connectivity index (χ3v) is 7.53. The Morgan fingerprint density at radius 3 is 2.42 bits per heavy atom. The quantitative estimate of drug-likeness (QED) is 0.253. The standard InChI is InChI=1S/C27H28N2O3S/c1-3-27(32-20-22-9-5-4-6-10-22)29(33(30,31)24-15-13-21(2)14-16-24)18-17-23-19-28-26-12-8-7-11-25(23)26/h3-16,19,27-28H,1,17-18,20H2,2H3. The zero-order valence-corrected chi connectivity index (χ0v) is 19.5. The lowest BCUT2D eigenvalue weighted by atomic mass is 10.1. The normalized spacial score (nSPS) is 12.8. The monoisotopic (exact) mass is 460 g/mol. The number of sulfonamides is 1. The molecule has 1 atom stereocenters. The van der Waals surface area contributed by atoms with Gasteiger partial charge in [0.15, 0.2) is 0 Å². The molecule has 5 nitrogen and oxygen atoms in total. The number of H-pyrrole nitrogens is 1. The summed E-state index contributed by atoms with van der Waals surface area (Å²) < 4.78 is 34.8. The van der Waals surface area contributed by atoms with Gasteiger partial charge in [0.25, 0.3) is 0 Å². The summed E-state index contributed by atoms with van der Waals surface area (Å²) in [4.78, 5) is 3.50. The molecule has 0 bridgehead atoms. The summed E-state index contributed by atoms with van der Waals surface area (Å²) in [6, 6.07) is 24.6. The molecule has 0 saturated carbocycles. The van der Waals surface area contributed by atoms with E-state index in [2.05, 4.69) is 11.6 Å². The van der Waals surface area contributed by atoms with Crippen molar-refractivity contribution in [2.75, 3.05) is 6.54 Å². The zero-order valence-electron chi connectivity index (χ0n) is 18.6. The van der Waals surface area contributed by atoms with Crippen LogP contribution in [0, 0.1) is 6.92 Å². The Bertz CT molecular complexity index is 1310. The van der Waals surface area contributed by atoms with Gasteiger partial charge in [-0.05, 0) is 48.7 Å². The van der Waals surface area contributed by atoms with Crippen molar-refractivity contribution in [2.45, 2.75) is 31.1 Å². The number of rotatable bonds is 10. The number of ether oxygens (including phenoxy) is 1. The topological polar surface area (TPSA) is 62.4 Å². The van der Waals surface area contributed by atoms with Gasteiger partial charge in [0.2, 0.25) is 10.0 Å². The maximum Gasteiger partial charge on any atom is 0.245 e. The van der Waals surface area contributed by atoms with Crippen LogP contribution in [-0.2, 0) is 27.8 Å². The van der Waals surface area contributed by atoms with E-state index in [0.29, 0.717) is 6.42 Å². The SMILES string of the molecule is C=CC(OCc1ccccc1)N(CCc1c[nH]c2ccccc12)S(=O)(=O)c1ccc(C)cc1. The molecule has 0 aliphatic heterocycles. The van der Waals surface area contributed by atoms with Gasteiger partial charge in [-0.2, -0.15) is 4.31 Å². The summed E-state index contributed by atoms with van der Waals surface area (Å²) in [6.07, 6.45) is 3.22. The first-order chi connectivity index (χ1) is 16.0. The van der Waals surface area contributed by atoms with Crippen molar-refractivity contribution in [3.63, 3.8) is 0 Å². The molecule has 0 amide bonds. The van der Waals surface area contributed by atoms with Crippen molar-refractivity contribution in [3.8, 4) is 0 Å². The Hall–Kier alpha value is -3.19. The third kappa shape index (κ3) is 5.25. The summed E-state index contributed by atoms with van der Waals surface area (Å²) in [7, 11) is -3.81. The highest BCUT2D eigenvalue weighted by molar-refractivity contribution is 7.89. The summed E-state index contributed by atoms with van der Waals surface area (Å²) in [5, 5.41) is 1.09. The molecular weight excluding hydrogens is 432 g/mol. The second kappa shape index (κ2) is 10.2. The summed E-state index contributed by atoms with van der Waals surface area (Å²) in [5.74, 6) is 0. The first kappa shape index (κ1) is 23.0. The van der Waals surface area contributed by atoms with Gasteiger partial charge in [0.05, 0.1) is 11.5 Å². The minimum absolute atomic E-state index is 0.238. The van der Waals surface area contributed by atoms with Crippen LogP contribution in [0.25, 0.3) is 10.9 Å². The van der Waals surface area contributed by atoms with Gasteiger partial charge in [0, 0.05) is 23.6 Å². The molecule has 1 N–H and O–H groups in total. The van der Waals surface area contributed by atoms with Crippen molar-refractivity contribution >= 4 is 20.9 Å². The fourth-order valence-electron chi connectivity index (χ4n) is 3.82. The van der Waals surface area contributed by atoms with E-state index >= 15 is 0 Å². The van der Waals surface area contributed by atoms with Crippen molar-refractivity contribution in [3.05, 3.63) is 114 Å². The Balaban J connectivity index is 1.62. The van der Waals surface area contributed by atoms with Crippen LogP contribution in [0.15, 0.2) is 103 Å². The van der Waals surface area contributed by atoms with E-state index in [1.165, 1.54) is 4.31 Å². The lowest BCUT2D eigenvalue weighted by molar-refractivity contribution is 0.00339.